The third-order valence-corrected chi connectivity index (χ3v) is 5.13. The molecule has 0 unspecified atom stereocenters. The molecule has 21 heavy (non-hydrogen) atoms. The van der Waals surface area contributed by atoms with Crippen molar-refractivity contribution in [3.8, 4) is 0 Å². The van der Waals surface area contributed by atoms with E-state index in [1.807, 2.05) is 0 Å². The van der Waals surface area contributed by atoms with Gasteiger partial charge >= 0.3 is 0 Å². The lowest BCUT2D eigenvalue weighted by Crippen LogP contribution is -2.33. The van der Waals surface area contributed by atoms with Gasteiger partial charge < -0.3 is 4.90 Å². The maximum Gasteiger partial charge on any atom is 0.140 e. The molecule has 0 atom stereocenters. The summed E-state index contributed by atoms with van der Waals surface area (Å²) >= 11 is 1.69. The maximum atomic E-state index is 4.52. The first kappa shape index (κ1) is 12.8. The van der Waals surface area contributed by atoms with Crippen molar-refractivity contribution in [1.29, 1.82) is 0 Å². The largest absolute Gasteiger partial charge is 0.356 e. The first-order chi connectivity index (χ1) is 10.4. The van der Waals surface area contributed by atoms with Gasteiger partial charge in [-0.3, -0.25) is 0 Å². The summed E-state index contributed by atoms with van der Waals surface area (Å²) in [5, 5.41) is 3.29. The van der Waals surface area contributed by atoms with Crippen molar-refractivity contribution >= 4 is 27.4 Å². The highest BCUT2D eigenvalue weighted by atomic mass is 32.1. The Balaban J connectivity index is 1.54. The lowest BCUT2D eigenvalue weighted by Gasteiger charge is -2.33. The topological polar surface area (TPSA) is 29.0 Å². The van der Waals surface area contributed by atoms with Gasteiger partial charge in [0, 0.05) is 13.1 Å². The van der Waals surface area contributed by atoms with Crippen LogP contribution in [0.15, 0.2) is 48.1 Å². The van der Waals surface area contributed by atoms with Gasteiger partial charge in [-0.15, -0.1) is 11.3 Å². The van der Waals surface area contributed by atoms with Crippen LogP contribution in [0.5, 0.6) is 0 Å². The van der Waals surface area contributed by atoms with Gasteiger partial charge in [0.2, 0.25) is 0 Å². The molecule has 1 aliphatic heterocycles. The molecule has 0 amide bonds. The Morgan fingerprint density at radius 3 is 2.62 bits per heavy atom. The fourth-order valence-electron chi connectivity index (χ4n) is 3.18. The number of nitrogens with zero attached hydrogens (tertiary/aromatic N) is 3. The minimum atomic E-state index is 0.683. The van der Waals surface area contributed by atoms with E-state index in [9.17, 15) is 0 Å². The second-order valence-corrected chi connectivity index (χ2v) is 6.40. The summed E-state index contributed by atoms with van der Waals surface area (Å²) in [5.74, 6) is 1.79. The smallest absolute Gasteiger partial charge is 0.140 e. The van der Waals surface area contributed by atoms with E-state index in [4.69, 9.17) is 0 Å². The Kier molecular flexibility index (Phi) is 3.31. The van der Waals surface area contributed by atoms with Crippen LogP contribution in [0.2, 0.25) is 0 Å². The average molecular weight is 295 g/mol. The Morgan fingerprint density at radius 1 is 1.00 bits per heavy atom. The van der Waals surface area contributed by atoms with Crippen LogP contribution in [-0.2, 0) is 0 Å². The number of fused-ring (bicyclic) bond motifs is 1. The summed E-state index contributed by atoms with van der Waals surface area (Å²) in [6.07, 6.45) is 4.08. The van der Waals surface area contributed by atoms with Gasteiger partial charge in [0.1, 0.15) is 17.0 Å². The number of hydrogen-bond acceptors (Lipinski definition) is 4. The van der Waals surface area contributed by atoms with Crippen LogP contribution in [0.3, 0.4) is 0 Å². The van der Waals surface area contributed by atoms with Crippen molar-refractivity contribution < 1.29 is 0 Å². The highest BCUT2D eigenvalue weighted by molar-refractivity contribution is 7.16. The average Bonchev–Trinajstić information content (AvgIpc) is 3.04. The summed E-state index contributed by atoms with van der Waals surface area (Å²) in [6, 6.07) is 13.0. The number of anilines is 1. The van der Waals surface area contributed by atoms with Crippen LogP contribution in [-0.4, -0.2) is 23.1 Å². The van der Waals surface area contributed by atoms with Crippen LogP contribution < -0.4 is 4.90 Å². The molecule has 0 bridgehead atoms. The van der Waals surface area contributed by atoms with Crippen LogP contribution in [0.25, 0.3) is 10.2 Å². The Morgan fingerprint density at radius 2 is 1.81 bits per heavy atom. The molecule has 0 spiro atoms. The number of benzene rings is 1. The van der Waals surface area contributed by atoms with Crippen molar-refractivity contribution in [1.82, 2.24) is 9.97 Å². The van der Waals surface area contributed by atoms with Crippen LogP contribution in [0.4, 0.5) is 5.82 Å². The van der Waals surface area contributed by atoms with E-state index in [0.717, 1.165) is 23.7 Å². The molecule has 3 heterocycles. The van der Waals surface area contributed by atoms with Crippen molar-refractivity contribution in [2.45, 2.75) is 18.8 Å². The van der Waals surface area contributed by atoms with Gasteiger partial charge in [0.25, 0.3) is 0 Å². The number of thiophene rings is 1. The number of piperidine rings is 1. The predicted octanol–water partition coefficient (Wildman–Crippen LogP) is 4.08. The van der Waals surface area contributed by atoms with Gasteiger partial charge in [-0.1, -0.05) is 30.3 Å². The van der Waals surface area contributed by atoms with Gasteiger partial charge in [-0.05, 0) is 35.8 Å². The summed E-state index contributed by atoms with van der Waals surface area (Å²) < 4.78 is 0. The van der Waals surface area contributed by atoms with E-state index in [1.165, 1.54) is 23.8 Å². The first-order valence-corrected chi connectivity index (χ1v) is 8.28. The molecule has 1 fully saturated rings. The van der Waals surface area contributed by atoms with Crippen molar-refractivity contribution in [2.75, 3.05) is 18.0 Å². The minimum Gasteiger partial charge on any atom is -0.356 e. The first-order valence-electron chi connectivity index (χ1n) is 7.40. The minimum absolute atomic E-state index is 0.683. The Labute approximate surface area is 128 Å². The van der Waals surface area contributed by atoms with Gasteiger partial charge in [-0.2, -0.15) is 0 Å². The molecule has 3 nitrogen and oxygen atoms in total. The van der Waals surface area contributed by atoms with E-state index < -0.39 is 0 Å². The predicted molar refractivity (Wildman–Crippen MR) is 88.0 cm³/mol. The van der Waals surface area contributed by atoms with Gasteiger partial charge in [0.05, 0.1) is 5.39 Å². The third kappa shape index (κ3) is 2.40. The highest BCUT2D eigenvalue weighted by Gasteiger charge is 2.22. The number of rotatable bonds is 2. The second kappa shape index (κ2) is 5.45. The van der Waals surface area contributed by atoms with Crippen LogP contribution in [0, 0.1) is 0 Å². The van der Waals surface area contributed by atoms with Crippen molar-refractivity contribution in [3.05, 3.63) is 53.7 Å². The summed E-state index contributed by atoms with van der Waals surface area (Å²) in [7, 11) is 0. The summed E-state index contributed by atoms with van der Waals surface area (Å²) in [6.45, 7) is 2.14. The lowest BCUT2D eigenvalue weighted by atomic mass is 9.89. The molecular formula is C17H17N3S. The van der Waals surface area contributed by atoms with Gasteiger partial charge in [0.15, 0.2) is 0 Å². The molecule has 106 valence electrons. The van der Waals surface area contributed by atoms with E-state index in [1.54, 1.807) is 17.7 Å². The normalized spacial score (nSPS) is 16.5. The summed E-state index contributed by atoms with van der Waals surface area (Å²) in [4.78, 5) is 12.4. The molecule has 0 radical (unpaired) electrons. The quantitative estimate of drug-likeness (QED) is 0.713. The molecule has 2 aromatic heterocycles. The van der Waals surface area contributed by atoms with Crippen LogP contribution >= 0.6 is 11.3 Å². The zero-order chi connectivity index (χ0) is 14.1. The second-order valence-electron chi connectivity index (χ2n) is 5.51. The lowest BCUT2D eigenvalue weighted by molar-refractivity contribution is 0.503. The zero-order valence-corrected chi connectivity index (χ0v) is 12.6. The molecule has 3 aromatic rings. The van der Waals surface area contributed by atoms with Crippen molar-refractivity contribution in [2.24, 2.45) is 0 Å². The molecule has 0 aliphatic carbocycles. The summed E-state index contributed by atoms with van der Waals surface area (Å²) in [5.41, 5.74) is 1.47. The van der Waals surface area contributed by atoms with E-state index >= 15 is 0 Å². The molecule has 1 aromatic carbocycles. The SMILES string of the molecule is c1ccc(C2CCN(c3ncnc4sccc34)CC2)cc1. The van der Waals surface area contributed by atoms with Crippen molar-refractivity contribution in [3.63, 3.8) is 0 Å². The number of hydrogen-bond donors (Lipinski definition) is 0. The molecule has 1 aliphatic rings. The third-order valence-electron chi connectivity index (χ3n) is 4.31. The maximum absolute atomic E-state index is 4.52. The fourth-order valence-corrected chi connectivity index (χ4v) is 3.91. The van der Waals surface area contributed by atoms with E-state index in [-0.39, 0.29) is 0 Å². The highest BCUT2D eigenvalue weighted by Crippen LogP contribution is 2.33. The standard InChI is InChI=1S/C17H17N3S/c1-2-4-13(5-3-1)14-6-9-20(10-7-14)16-15-8-11-21-17(15)19-12-18-16/h1-5,8,11-12,14H,6-7,9-10H2. The molecule has 0 saturated carbocycles. The van der Waals surface area contributed by atoms with Gasteiger partial charge in [-0.25, -0.2) is 9.97 Å². The Hall–Kier alpha value is -1.94. The fraction of sp³-hybridized carbons (Fsp3) is 0.294. The monoisotopic (exact) mass is 295 g/mol. The molecule has 0 N–H and O–H groups in total. The van der Waals surface area contributed by atoms with E-state index in [0.29, 0.717) is 5.92 Å². The molecule has 1 saturated heterocycles. The van der Waals surface area contributed by atoms with E-state index in [2.05, 4.69) is 56.6 Å². The van der Waals surface area contributed by atoms with Crippen LogP contribution in [0.1, 0.15) is 24.3 Å². The molecule has 4 rings (SSSR count). The Bertz CT molecular complexity index is 730. The molecular weight excluding hydrogens is 278 g/mol. The zero-order valence-electron chi connectivity index (χ0n) is 11.8. The number of aromatic nitrogens is 2. The molecule has 4 heteroatoms.